The zero-order valence-electron chi connectivity index (χ0n) is 26.4. The molecule has 5 rings (SSSR count). The summed E-state index contributed by atoms with van der Waals surface area (Å²) in [4.78, 5) is 22.6. The monoisotopic (exact) mass is 599 g/mol. The van der Waals surface area contributed by atoms with Crippen molar-refractivity contribution < 1.29 is 14.3 Å². The molecule has 3 heterocycles. The van der Waals surface area contributed by atoms with Gasteiger partial charge in [-0.05, 0) is 58.6 Å². The Morgan fingerprint density at radius 1 is 1.00 bits per heavy atom. The fraction of sp³-hybridized carbons (Fsp3) is 0.471. The number of esters is 1. The van der Waals surface area contributed by atoms with Gasteiger partial charge in [-0.3, -0.25) is 9.78 Å². The van der Waals surface area contributed by atoms with Gasteiger partial charge in [0.1, 0.15) is 18.1 Å². The van der Waals surface area contributed by atoms with E-state index in [1.807, 2.05) is 61.9 Å². The van der Waals surface area contributed by atoms with Crippen LogP contribution in [0.1, 0.15) is 58.1 Å². The van der Waals surface area contributed by atoms with E-state index in [9.17, 15) is 4.79 Å². The molecular weight excluding hydrogens is 554 g/mol. The van der Waals surface area contributed by atoms with Crippen LogP contribution in [0.5, 0.6) is 0 Å². The van der Waals surface area contributed by atoms with Gasteiger partial charge in [0, 0.05) is 55.2 Å². The summed E-state index contributed by atoms with van der Waals surface area (Å²) in [6, 6.07) is 17.5. The second-order valence-electron chi connectivity index (χ2n) is 13.8. The molecule has 0 aliphatic heterocycles. The van der Waals surface area contributed by atoms with Crippen LogP contribution in [0.4, 0.5) is 5.82 Å². The number of anilines is 1. The minimum Gasteiger partial charge on any atom is -0.460 e. The maximum Gasteiger partial charge on any atom is 0.309 e. The minimum absolute atomic E-state index is 0.0590. The summed E-state index contributed by atoms with van der Waals surface area (Å²) in [7, 11) is -1.17. The number of benzene rings is 1. The van der Waals surface area contributed by atoms with Gasteiger partial charge in [-0.15, -0.1) is 0 Å². The molecule has 0 amide bonds. The van der Waals surface area contributed by atoms with Crippen molar-refractivity contribution in [2.24, 2.45) is 5.92 Å². The third-order valence-electron chi connectivity index (χ3n) is 7.87. The van der Waals surface area contributed by atoms with Crippen LogP contribution in [-0.4, -0.2) is 52.6 Å². The Morgan fingerprint density at radius 2 is 1.74 bits per heavy atom. The van der Waals surface area contributed by atoms with Crippen LogP contribution in [0.15, 0.2) is 60.9 Å². The van der Waals surface area contributed by atoms with Gasteiger partial charge >= 0.3 is 5.97 Å². The van der Waals surface area contributed by atoms with E-state index in [0.29, 0.717) is 6.73 Å². The van der Waals surface area contributed by atoms with Gasteiger partial charge in [0.2, 0.25) is 0 Å². The zero-order valence-corrected chi connectivity index (χ0v) is 27.4. The molecule has 43 heavy (non-hydrogen) atoms. The topological polar surface area (TPSA) is 90.6 Å². The molecule has 3 aromatic heterocycles. The van der Waals surface area contributed by atoms with Crippen molar-refractivity contribution in [2.75, 3.05) is 18.7 Å². The summed E-state index contributed by atoms with van der Waals surface area (Å²) in [6.45, 7) is 14.0. The normalized spacial score (nSPS) is 17.6. The van der Waals surface area contributed by atoms with Gasteiger partial charge in [-0.1, -0.05) is 56.0 Å². The van der Waals surface area contributed by atoms with Crippen molar-refractivity contribution in [3.63, 3.8) is 0 Å². The highest BCUT2D eigenvalue weighted by Gasteiger charge is 2.31. The molecule has 0 bridgehead atoms. The average Bonchev–Trinajstić information content (AvgIpc) is 3.40. The Balaban J connectivity index is 1.39. The lowest BCUT2D eigenvalue weighted by molar-refractivity contribution is -0.161. The lowest BCUT2D eigenvalue weighted by Crippen LogP contribution is -2.30. The molecule has 8 nitrogen and oxygen atoms in total. The highest BCUT2D eigenvalue weighted by molar-refractivity contribution is 6.76. The van der Waals surface area contributed by atoms with Crippen LogP contribution in [-0.2, 0) is 14.3 Å². The maximum absolute atomic E-state index is 12.7. The Morgan fingerprint density at radius 3 is 2.40 bits per heavy atom. The summed E-state index contributed by atoms with van der Waals surface area (Å²) in [5.74, 6) is 0.953. The second-order valence-corrected chi connectivity index (χ2v) is 19.4. The fourth-order valence-electron chi connectivity index (χ4n) is 5.44. The van der Waals surface area contributed by atoms with Crippen LogP contribution < -0.4 is 5.32 Å². The van der Waals surface area contributed by atoms with Gasteiger partial charge < -0.3 is 14.8 Å². The van der Waals surface area contributed by atoms with Crippen LogP contribution in [0.25, 0.3) is 28.0 Å². The Kier molecular flexibility index (Phi) is 9.32. The molecule has 0 radical (unpaired) electrons. The molecule has 4 aromatic rings. The smallest absolute Gasteiger partial charge is 0.309 e. The summed E-state index contributed by atoms with van der Waals surface area (Å²) < 4.78 is 13.5. The van der Waals surface area contributed by atoms with Crippen molar-refractivity contribution in [2.45, 2.75) is 83.7 Å². The number of ether oxygens (including phenoxy) is 2. The van der Waals surface area contributed by atoms with Crippen molar-refractivity contribution in [3.05, 3.63) is 66.6 Å². The van der Waals surface area contributed by atoms with E-state index in [0.717, 1.165) is 77.9 Å². The van der Waals surface area contributed by atoms with E-state index < -0.39 is 13.7 Å². The lowest BCUT2D eigenvalue weighted by Gasteiger charge is -2.29. The van der Waals surface area contributed by atoms with Gasteiger partial charge in [0.25, 0.3) is 0 Å². The first kappa shape index (κ1) is 30.9. The number of hydrogen-bond acceptors (Lipinski definition) is 7. The highest BCUT2D eigenvalue weighted by Crippen LogP contribution is 2.38. The molecular formula is C34H45N5O3Si. The molecule has 0 atom stereocenters. The molecule has 1 aromatic carbocycles. The lowest BCUT2D eigenvalue weighted by atomic mass is 9.80. The molecule has 1 N–H and O–H groups in total. The molecule has 1 fully saturated rings. The molecule has 1 aliphatic carbocycles. The number of pyridine rings is 1. The Labute approximate surface area is 256 Å². The van der Waals surface area contributed by atoms with E-state index in [2.05, 4.69) is 49.2 Å². The Hall–Kier alpha value is -3.56. The molecule has 9 heteroatoms. The van der Waals surface area contributed by atoms with Gasteiger partial charge in [0.05, 0.1) is 17.8 Å². The first-order valence-electron chi connectivity index (χ1n) is 15.4. The third-order valence-corrected chi connectivity index (χ3v) is 9.58. The van der Waals surface area contributed by atoms with Crippen LogP contribution >= 0.6 is 0 Å². The first-order chi connectivity index (χ1) is 20.5. The standard InChI is InChI=1S/C34H45N5O3Si/c1-34(2,3)42-33(40)26-14-12-25(13-15-26)30-20-31(36-23-41-18-19-43(4,5)6)39-32(38-30)28(22-37-39)27-16-17-29(35-21-27)24-10-8-7-9-11-24/h7-11,16-17,20-22,25-26,36H,12-15,18-19,23H2,1-6H3/t25-,26-. The predicted molar refractivity (Wildman–Crippen MR) is 175 cm³/mol. The fourth-order valence-corrected chi connectivity index (χ4v) is 6.20. The van der Waals surface area contributed by atoms with E-state index in [4.69, 9.17) is 24.5 Å². The van der Waals surface area contributed by atoms with Crippen molar-refractivity contribution >= 4 is 25.5 Å². The summed E-state index contributed by atoms with van der Waals surface area (Å²) in [5.41, 5.74) is 5.22. The number of rotatable bonds is 10. The van der Waals surface area contributed by atoms with Crippen molar-refractivity contribution in [1.82, 2.24) is 19.6 Å². The Bertz CT molecular complexity index is 1520. The first-order valence-corrected chi connectivity index (χ1v) is 19.1. The maximum atomic E-state index is 12.7. The molecule has 1 saturated carbocycles. The number of carbonyl (C=O) groups is 1. The third kappa shape index (κ3) is 8.09. The number of nitrogens with one attached hydrogen (secondary N) is 1. The molecule has 0 spiro atoms. The molecule has 228 valence electrons. The van der Waals surface area contributed by atoms with Crippen LogP contribution in [0.2, 0.25) is 25.7 Å². The average molecular weight is 600 g/mol. The second kappa shape index (κ2) is 13.0. The van der Waals surface area contributed by atoms with E-state index in [-0.39, 0.29) is 17.8 Å². The predicted octanol–water partition coefficient (Wildman–Crippen LogP) is 7.80. The SMILES string of the molecule is CC(C)(C)OC(=O)[C@H]1CC[C@H](c2cc(NCOCC[Si](C)(C)C)n3ncc(-c4ccc(-c5ccccc5)nc4)c3n2)CC1. The molecule has 0 saturated heterocycles. The van der Waals surface area contributed by atoms with Crippen LogP contribution in [0, 0.1) is 5.92 Å². The zero-order chi connectivity index (χ0) is 30.6. The highest BCUT2D eigenvalue weighted by atomic mass is 28.3. The van der Waals surface area contributed by atoms with Crippen LogP contribution in [0.3, 0.4) is 0 Å². The minimum atomic E-state index is -1.17. The largest absolute Gasteiger partial charge is 0.460 e. The number of carbonyl (C=O) groups excluding carboxylic acids is 1. The number of hydrogen-bond donors (Lipinski definition) is 1. The molecule has 0 unspecified atom stereocenters. The summed E-state index contributed by atoms with van der Waals surface area (Å²) in [5, 5.41) is 8.19. The van der Waals surface area contributed by atoms with Gasteiger partial charge in [-0.25, -0.2) is 4.98 Å². The van der Waals surface area contributed by atoms with E-state index >= 15 is 0 Å². The van der Waals surface area contributed by atoms with E-state index in [1.54, 1.807) is 0 Å². The number of fused-ring (bicyclic) bond motifs is 1. The van der Waals surface area contributed by atoms with E-state index in [1.165, 1.54) is 0 Å². The summed E-state index contributed by atoms with van der Waals surface area (Å²) >= 11 is 0. The quantitative estimate of drug-likeness (QED) is 0.0861. The van der Waals surface area contributed by atoms with Crippen molar-refractivity contribution in [3.8, 4) is 22.4 Å². The molecule has 1 aliphatic rings. The number of nitrogens with zero attached hydrogens (tertiary/aromatic N) is 4. The summed E-state index contributed by atoms with van der Waals surface area (Å²) in [6.07, 6.45) is 7.12. The van der Waals surface area contributed by atoms with Gasteiger partial charge in [0.15, 0.2) is 5.65 Å². The number of aromatic nitrogens is 4. The van der Waals surface area contributed by atoms with Crippen molar-refractivity contribution in [1.29, 1.82) is 0 Å². The van der Waals surface area contributed by atoms with Gasteiger partial charge in [-0.2, -0.15) is 9.61 Å².